The SMILES string of the molecule is COc1ccccc1[C@H](C)NC(=O)[C@H]1O[C@@H](n2cc(-c3ccn(C)n3)c3c(N)ncnc32)[C@H](O)[C@@H]1O. The van der Waals surface area contributed by atoms with Gasteiger partial charge in [0.1, 0.15) is 35.7 Å². The molecule has 0 bridgehead atoms. The molecule has 1 aliphatic heterocycles. The van der Waals surface area contributed by atoms with E-state index in [2.05, 4.69) is 20.4 Å². The van der Waals surface area contributed by atoms with Crippen LogP contribution in [0.5, 0.6) is 5.75 Å². The largest absolute Gasteiger partial charge is 0.496 e. The number of benzene rings is 1. The molecule has 0 radical (unpaired) electrons. The molecule has 1 aromatic carbocycles. The van der Waals surface area contributed by atoms with E-state index in [9.17, 15) is 15.0 Å². The third kappa shape index (κ3) is 3.94. The zero-order chi connectivity index (χ0) is 25.6. The van der Waals surface area contributed by atoms with Gasteiger partial charge < -0.3 is 35.3 Å². The van der Waals surface area contributed by atoms with E-state index < -0.39 is 36.5 Å². The predicted molar refractivity (Wildman–Crippen MR) is 130 cm³/mol. The van der Waals surface area contributed by atoms with Crippen LogP contribution in [0.25, 0.3) is 22.3 Å². The molecule has 0 unspecified atom stereocenters. The lowest BCUT2D eigenvalue weighted by Gasteiger charge is -2.20. The predicted octanol–water partition coefficient (Wildman–Crippen LogP) is 0.919. The van der Waals surface area contributed by atoms with Crippen LogP contribution in [0, 0.1) is 0 Å². The van der Waals surface area contributed by atoms with Crippen LogP contribution in [-0.2, 0) is 16.6 Å². The lowest BCUT2D eigenvalue weighted by atomic mass is 10.1. The molecule has 5 atom stereocenters. The molecular formula is C24H27N7O5. The number of nitrogens with two attached hydrogens (primary N) is 1. The zero-order valence-corrected chi connectivity index (χ0v) is 19.9. The van der Waals surface area contributed by atoms with E-state index in [-0.39, 0.29) is 5.82 Å². The molecule has 12 nitrogen and oxygen atoms in total. The number of ether oxygens (including phenoxy) is 2. The third-order valence-electron chi connectivity index (χ3n) is 6.36. The number of aliphatic hydroxyl groups excluding tert-OH is 2. The molecule has 0 aliphatic carbocycles. The molecule has 3 aromatic heterocycles. The molecule has 1 saturated heterocycles. The lowest BCUT2D eigenvalue weighted by Crippen LogP contribution is -2.43. The summed E-state index contributed by atoms with van der Waals surface area (Å²) in [5.74, 6) is 0.277. The summed E-state index contributed by atoms with van der Waals surface area (Å²) in [4.78, 5) is 21.5. The Labute approximate surface area is 206 Å². The normalized spacial score (nSPS) is 22.6. The van der Waals surface area contributed by atoms with Gasteiger partial charge in [0.2, 0.25) is 0 Å². The van der Waals surface area contributed by atoms with Crippen LogP contribution in [0.2, 0.25) is 0 Å². The number of para-hydroxylation sites is 1. The van der Waals surface area contributed by atoms with Gasteiger partial charge in [0.05, 0.1) is 24.2 Å². The minimum atomic E-state index is -1.48. The number of amides is 1. The van der Waals surface area contributed by atoms with Gasteiger partial charge in [0.15, 0.2) is 12.3 Å². The van der Waals surface area contributed by atoms with E-state index in [4.69, 9.17) is 15.2 Å². The van der Waals surface area contributed by atoms with Gasteiger partial charge in [-0.15, -0.1) is 0 Å². The van der Waals surface area contributed by atoms with E-state index >= 15 is 0 Å². The fourth-order valence-electron chi connectivity index (χ4n) is 4.56. The van der Waals surface area contributed by atoms with Gasteiger partial charge >= 0.3 is 0 Å². The number of hydrogen-bond acceptors (Lipinski definition) is 9. The number of rotatable bonds is 6. The second-order valence-electron chi connectivity index (χ2n) is 8.68. The molecular weight excluding hydrogens is 466 g/mol. The Hall–Kier alpha value is -4.00. The number of anilines is 1. The van der Waals surface area contributed by atoms with Gasteiger partial charge in [-0.25, -0.2) is 9.97 Å². The Kier molecular flexibility index (Phi) is 6.08. The van der Waals surface area contributed by atoms with Crippen LogP contribution in [-0.4, -0.2) is 65.9 Å². The number of carbonyl (C=O) groups excluding carboxylic acids is 1. The molecule has 1 fully saturated rings. The fourth-order valence-corrected chi connectivity index (χ4v) is 4.56. The summed E-state index contributed by atoms with van der Waals surface area (Å²) < 4.78 is 14.5. The van der Waals surface area contributed by atoms with Gasteiger partial charge in [0, 0.05) is 30.6 Å². The molecule has 1 aliphatic rings. The minimum Gasteiger partial charge on any atom is -0.496 e. The number of nitrogen functional groups attached to an aromatic ring is 1. The maximum atomic E-state index is 13.1. The van der Waals surface area contributed by atoms with Gasteiger partial charge in [-0.05, 0) is 19.1 Å². The number of hydrogen-bond donors (Lipinski definition) is 4. The van der Waals surface area contributed by atoms with Crippen molar-refractivity contribution in [2.45, 2.75) is 37.5 Å². The first kappa shape index (κ1) is 23.7. The molecule has 1 amide bonds. The summed E-state index contributed by atoms with van der Waals surface area (Å²) in [6.07, 6.45) is -0.556. The Bertz CT molecular complexity index is 1420. The molecule has 188 valence electrons. The van der Waals surface area contributed by atoms with Crippen LogP contribution in [0.1, 0.15) is 24.8 Å². The molecule has 5 N–H and O–H groups in total. The standard InChI is InChI=1S/C24H27N7O5/c1-12(13-6-4-5-7-16(13)35-3)28-23(34)20-18(32)19(33)24(36-20)31-10-14(15-8-9-30(2)29-15)17-21(25)26-11-27-22(17)31/h4-12,18-20,24,32-33H,1-3H3,(H,28,34)(H2,25,26,27)/t12-,18-,19+,20-,24+/m0/s1. The van der Waals surface area contributed by atoms with Crippen LogP contribution >= 0.6 is 0 Å². The Morgan fingerprint density at radius 3 is 2.72 bits per heavy atom. The summed E-state index contributed by atoms with van der Waals surface area (Å²) in [6, 6.07) is 8.67. The molecule has 4 heterocycles. The van der Waals surface area contributed by atoms with Crippen molar-refractivity contribution in [2.24, 2.45) is 7.05 Å². The van der Waals surface area contributed by atoms with E-state index in [1.165, 1.54) is 6.33 Å². The monoisotopic (exact) mass is 493 g/mol. The Balaban J connectivity index is 1.45. The zero-order valence-electron chi connectivity index (χ0n) is 19.9. The van der Waals surface area contributed by atoms with Crippen molar-refractivity contribution in [3.63, 3.8) is 0 Å². The van der Waals surface area contributed by atoms with Gasteiger partial charge in [-0.2, -0.15) is 5.10 Å². The van der Waals surface area contributed by atoms with Crippen LogP contribution in [0.3, 0.4) is 0 Å². The van der Waals surface area contributed by atoms with Crippen molar-refractivity contribution in [1.82, 2.24) is 29.6 Å². The van der Waals surface area contributed by atoms with E-state index in [0.717, 1.165) is 5.56 Å². The number of methoxy groups -OCH3 is 1. The number of fused-ring (bicyclic) bond motifs is 1. The van der Waals surface area contributed by atoms with Crippen molar-refractivity contribution in [3.05, 3.63) is 54.6 Å². The average molecular weight is 494 g/mol. The highest BCUT2D eigenvalue weighted by atomic mass is 16.6. The van der Waals surface area contributed by atoms with Crippen molar-refractivity contribution in [2.75, 3.05) is 12.8 Å². The summed E-state index contributed by atoms with van der Waals surface area (Å²) in [7, 11) is 3.34. The fraction of sp³-hybridized carbons (Fsp3) is 0.333. The first-order valence-electron chi connectivity index (χ1n) is 11.4. The molecule has 4 aromatic rings. The Morgan fingerprint density at radius 2 is 2.00 bits per heavy atom. The maximum Gasteiger partial charge on any atom is 0.252 e. The van der Waals surface area contributed by atoms with Crippen LogP contribution in [0.15, 0.2) is 49.1 Å². The highest BCUT2D eigenvalue weighted by molar-refractivity contribution is 5.99. The first-order chi connectivity index (χ1) is 17.3. The molecule has 0 saturated carbocycles. The second kappa shape index (κ2) is 9.22. The summed E-state index contributed by atoms with van der Waals surface area (Å²) in [6.45, 7) is 1.79. The summed E-state index contributed by atoms with van der Waals surface area (Å²) >= 11 is 0. The number of aliphatic hydroxyl groups is 2. The highest BCUT2D eigenvalue weighted by Gasteiger charge is 2.48. The van der Waals surface area contributed by atoms with Crippen molar-refractivity contribution >= 4 is 22.8 Å². The number of carbonyl (C=O) groups is 1. The molecule has 0 spiro atoms. The number of aryl methyl sites for hydroxylation is 1. The molecule has 36 heavy (non-hydrogen) atoms. The minimum absolute atomic E-state index is 0.229. The van der Waals surface area contributed by atoms with Crippen LogP contribution < -0.4 is 15.8 Å². The first-order valence-corrected chi connectivity index (χ1v) is 11.4. The lowest BCUT2D eigenvalue weighted by molar-refractivity contribution is -0.138. The third-order valence-corrected chi connectivity index (χ3v) is 6.36. The quantitative estimate of drug-likeness (QED) is 0.306. The van der Waals surface area contributed by atoms with Crippen LogP contribution in [0.4, 0.5) is 5.82 Å². The van der Waals surface area contributed by atoms with E-state index in [1.807, 2.05) is 24.3 Å². The summed E-state index contributed by atoms with van der Waals surface area (Å²) in [5.41, 5.74) is 8.55. The Morgan fingerprint density at radius 1 is 1.22 bits per heavy atom. The summed E-state index contributed by atoms with van der Waals surface area (Å²) in [5, 5.41) is 29.4. The van der Waals surface area contributed by atoms with Crippen molar-refractivity contribution in [3.8, 4) is 17.0 Å². The molecule has 12 heteroatoms. The number of nitrogens with one attached hydrogen (secondary N) is 1. The smallest absolute Gasteiger partial charge is 0.252 e. The van der Waals surface area contributed by atoms with Gasteiger partial charge in [-0.1, -0.05) is 18.2 Å². The van der Waals surface area contributed by atoms with Crippen molar-refractivity contribution in [1.29, 1.82) is 0 Å². The average Bonchev–Trinajstić information content (AvgIpc) is 3.55. The number of nitrogens with zero attached hydrogens (tertiary/aromatic N) is 5. The van der Waals surface area contributed by atoms with E-state index in [1.54, 1.807) is 48.8 Å². The maximum absolute atomic E-state index is 13.1. The van der Waals surface area contributed by atoms with Crippen molar-refractivity contribution < 1.29 is 24.5 Å². The molecule has 5 rings (SSSR count). The topological polar surface area (TPSA) is 163 Å². The van der Waals surface area contributed by atoms with Gasteiger partial charge in [0.25, 0.3) is 5.91 Å². The second-order valence-corrected chi connectivity index (χ2v) is 8.68. The van der Waals surface area contributed by atoms with Gasteiger partial charge in [-0.3, -0.25) is 9.48 Å². The highest BCUT2D eigenvalue weighted by Crippen LogP contribution is 2.38. The number of aromatic nitrogens is 5. The van der Waals surface area contributed by atoms with E-state index in [0.29, 0.717) is 28.0 Å².